The predicted octanol–water partition coefficient (Wildman–Crippen LogP) is 3.39. The zero-order valence-corrected chi connectivity index (χ0v) is 12.5. The third-order valence-electron chi connectivity index (χ3n) is 2.53. The second kappa shape index (κ2) is 6.51. The molecule has 0 aliphatic rings. The fourth-order valence-corrected chi connectivity index (χ4v) is 2.48. The molecule has 0 saturated heterocycles. The first-order valence-electron chi connectivity index (χ1n) is 5.95. The van der Waals surface area contributed by atoms with E-state index in [2.05, 4.69) is 15.6 Å². The number of amides is 1. The summed E-state index contributed by atoms with van der Waals surface area (Å²) in [5.41, 5.74) is 0.0622. The summed E-state index contributed by atoms with van der Waals surface area (Å²) in [6, 6.07) is 2.57. The van der Waals surface area contributed by atoms with Crippen LogP contribution in [-0.4, -0.2) is 22.4 Å². The molecular weight excluding hydrogens is 316 g/mol. The van der Waals surface area contributed by atoms with Gasteiger partial charge in [-0.3, -0.25) is 20.2 Å². The summed E-state index contributed by atoms with van der Waals surface area (Å²) in [5.74, 6) is -0.502. The van der Waals surface area contributed by atoms with Crippen molar-refractivity contribution >= 4 is 45.4 Å². The lowest BCUT2D eigenvalue weighted by molar-refractivity contribution is -0.384. The molecule has 1 aromatic heterocycles. The number of benzene rings is 1. The van der Waals surface area contributed by atoms with Crippen molar-refractivity contribution in [2.45, 2.75) is 6.92 Å². The van der Waals surface area contributed by atoms with Gasteiger partial charge >= 0.3 is 0 Å². The van der Waals surface area contributed by atoms with Crippen LogP contribution < -0.4 is 10.6 Å². The van der Waals surface area contributed by atoms with E-state index in [0.717, 1.165) is 0 Å². The quantitative estimate of drug-likeness (QED) is 0.648. The van der Waals surface area contributed by atoms with Gasteiger partial charge in [0.2, 0.25) is 0 Å². The molecule has 9 heteroatoms. The van der Waals surface area contributed by atoms with E-state index >= 15 is 0 Å². The Bertz CT molecular complexity index is 675. The molecule has 0 radical (unpaired) electrons. The molecule has 110 valence electrons. The monoisotopic (exact) mass is 326 g/mol. The molecule has 21 heavy (non-hydrogen) atoms. The number of carbonyl (C=O) groups excluding carboxylic acids is 1. The summed E-state index contributed by atoms with van der Waals surface area (Å²) in [4.78, 5) is 26.5. The highest BCUT2D eigenvalue weighted by Crippen LogP contribution is 2.34. The Kier molecular flexibility index (Phi) is 4.71. The van der Waals surface area contributed by atoms with Gasteiger partial charge in [-0.05, 0) is 13.0 Å². The van der Waals surface area contributed by atoms with Gasteiger partial charge < -0.3 is 5.32 Å². The number of nitrogens with one attached hydrogen (secondary N) is 2. The Morgan fingerprint density at radius 2 is 2.29 bits per heavy atom. The first kappa shape index (κ1) is 15.2. The Labute approximate surface area is 129 Å². The second-order valence-corrected chi connectivity index (χ2v) is 5.23. The number of thiazole rings is 1. The van der Waals surface area contributed by atoms with Gasteiger partial charge in [0.25, 0.3) is 11.6 Å². The summed E-state index contributed by atoms with van der Waals surface area (Å²) >= 11 is 7.27. The zero-order valence-electron chi connectivity index (χ0n) is 10.9. The fraction of sp³-hybridized carbons (Fsp3) is 0.167. The molecule has 1 aromatic carbocycles. The normalized spacial score (nSPS) is 10.2. The molecule has 0 saturated carbocycles. The Morgan fingerprint density at radius 1 is 1.52 bits per heavy atom. The van der Waals surface area contributed by atoms with E-state index < -0.39 is 10.8 Å². The van der Waals surface area contributed by atoms with Crippen molar-refractivity contribution in [3.8, 4) is 0 Å². The van der Waals surface area contributed by atoms with Crippen molar-refractivity contribution in [1.29, 1.82) is 0 Å². The summed E-state index contributed by atoms with van der Waals surface area (Å²) in [6.07, 6.45) is 1.55. The maximum Gasteiger partial charge on any atom is 0.294 e. The largest absolute Gasteiger partial charge is 0.379 e. The number of nitrogens with zero attached hydrogens (tertiary/aromatic N) is 2. The number of aromatic nitrogens is 1. The number of carbonyl (C=O) groups is 1. The van der Waals surface area contributed by atoms with Crippen LogP contribution in [0.2, 0.25) is 5.02 Å². The van der Waals surface area contributed by atoms with Crippen LogP contribution in [0.25, 0.3) is 0 Å². The lowest BCUT2D eigenvalue weighted by Crippen LogP contribution is -2.13. The lowest BCUT2D eigenvalue weighted by Gasteiger charge is -2.09. The molecule has 0 unspecified atom stereocenters. The van der Waals surface area contributed by atoms with E-state index in [1.54, 1.807) is 18.5 Å². The van der Waals surface area contributed by atoms with Crippen LogP contribution in [0, 0.1) is 10.1 Å². The number of nitro groups is 1. The molecule has 1 heterocycles. The Balaban J connectivity index is 2.36. The minimum Gasteiger partial charge on any atom is -0.379 e. The number of hydrogen-bond donors (Lipinski definition) is 2. The van der Waals surface area contributed by atoms with Gasteiger partial charge in [-0.2, -0.15) is 0 Å². The van der Waals surface area contributed by atoms with E-state index in [-0.39, 0.29) is 22.0 Å². The smallest absolute Gasteiger partial charge is 0.294 e. The molecule has 2 rings (SSSR count). The Hall–Kier alpha value is -2.19. The molecule has 0 fully saturated rings. The van der Waals surface area contributed by atoms with E-state index in [0.29, 0.717) is 11.7 Å². The molecule has 0 aliphatic carbocycles. The third kappa shape index (κ3) is 3.47. The van der Waals surface area contributed by atoms with Gasteiger partial charge in [-0.15, -0.1) is 11.3 Å². The van der Waals surface area contributed by atoms with Crippen LogP contribution in [0.15, 0.2) is 23.7 Å². The summed E-state index contributed by atoms with van der Waals surface area (Å²) < 4.78 is 0. The Morgan fingerprint density at radius 3 is 2.86 bits per heavy atom. The van der Waals surface area contributed by atoms with Crippen LogP contribution in [-0.2, 0) is 0 Å². The predicted molar refractivity (Wildman–Crippen MR) is 82.3 cm³/mol. The van der Waals surface area contributed by atoms with Crippen molar-refractivity contribution in [2.24, 2.45) is 0 Å². The molecule has 0 bridgehead atoms. The molecule has 2 aromatic rings. The summed E-state index contributed by atoms with van der Waals surface area (Å²) in [5, 5.41) is 18.7. The van der Waals surface area contributed by atoms with Gasteiger partial charge in [-0.25, -0.2) is 4.98 Å². The first-order chi connectivity index (χ1) is 10.0. The van der Waals surface area contributed by atoms with Crippen LogP contribution in [0.5, 0.6) is 0 Å². The summed E-state index contributed by atoms with van der Waals surface area (Å²) in [7, 11) is 0. The first-order valence-corrected chi connectivity index (χ1v) is 7.21. The molecule has 2 N–H and O–H groups in total. The van der Waals surface area contributed by atoms with Crippen LogP contribution in [0.4, 0.5) is 16.5 Å². The highest BCUT2D eigenvalue weighted by Gasteiger charge is 2.21. The number of halogens is 1. The topological polar surface area (TPSA) is 97.2 Å². The fourth-order valence-electron chi connectivity index (χ4n) is 1.67. The van der Waals surface area contributed by atoms with Gasteiger partial charge in [0.15, 0.2) is 5.13 Å². The maximum absolute atomic E-state index is 12.1. The van der Waals surface area contributed by atoms with Crippen molar-refractivity contribution in [3.63, 3.8) is 0 Å². The minimum atomic E-state index is -0.579. The maximum atomic E-state index is 12.1. The van der Waals surface area contributed by atoms with Gasteiger partial charge in [0.05, 0.1) is 9.95 Å². The third-order valence-corrected chi connectivity index (χ3v) is 3.52. The highest BCUT2D eigenvalue weighted by atomic mass is 35.5. The van der Waals surface area contributed by atoms with Crippen molar-refractivity contribution in [2.75, 3.05) is 17.2 Å². The standard InChI is InChI=1S/C12H11ClN4O3S/c1-2-14-10-8(13)5-7(6-9(10)17(19)20)11(18)16-12-15-3-4-21-12/h3-6,14H,2H2,1H3,(H,15,16,18). The lowest BCUT2D eigenvalue weighted by atomic mass is 10.1. The average molecular weight is 327 g/mol. The molecule has 0 spiro atoms. The van der Waals surface area contributed by atoms with Gasteiger partial charge in [0, 0.05) is 29.8 Å². The second-order valence-electron chi connectivity index (χ2n) is 3.93. The van der Waals surface area contributed by atoms with E-state index in [1.165, 1.54) is 23.5 Å². The van der Waals surface area contributed by atoms with Crippen molar-refractivity contribution in [3.05, 3.63) is 44.4 Å². The minimum absolute atomic E-state index is 0.101. The average Bonchev–Trinajstić information content (AvgIpc) is 2.93. The number of rotatable bonds is 5. The van der Waals surface area contributed by atoms with E-state index in [9.17, 15) is 14.9 Å². The van der Waals surface area contributed by atoms with Crippen molar-refractivity contribution in [1.82, 2.24) is 4.98 Å². The highest BCUT2D eigenvalue weighted by molar-refractivity contribution is 7.13. The number of hydrogen-bond acceptors (Lipinski definition) is 6. The number of anilines is 2. The SMILES string of the molecule is CCNc1c(Cl)cc(C(=O)Nc2nccs2)cc1[N+](=O)[O-]. The molecule has 0 aliphatic heterocycles. The molecule has 1 amide bonds. The summed E-state index contributed by atoms with van der Waals surface area (Å²) in [6.45, 7) is 2.27. The van der Waals surface area contributed by atoms with Crippen LogP contribution >= 0.6 is 22.9 Å². The van der Waals surface area contributed by atoms with Crippen molar-refractivity contribution < 1.29 is 9.72 Å². The van der Waals surface area contributed by atoms with Gasteiger partial charge in [-0.1, -0.05) is 11.6 Å². The van der Waals surface area contributed by atoms with E-state index in [1.807, 2.05) is 0 Å². The number of nitro benzene ring substituents is 1. The zero-order chi connectivity index (χ0) is 15.4. The van der Waals surface area contributed by atoms with Gasteiger partial charge in [0.1, 0.15) is 5.69 Å². The van der Waals surface area contributed by atoms with E-state index in [4.69, 9.17) is 11.6 Å². The molecular formula is C12H11ClN4O3S. The molecule has 0 atom stereocenters. The van der Waals surface area contributed by atoms with Crippen LogP contribution in [0.1, 0.15) is 17.3 Å². The van der Waals surface area contributed by atoms with Crippen LogP contribution in [0.3, 0.4) is 0 Å². The molecule has 7 nitrogen and oxygen atoms in total.